The highest BCUT2D eigenvalue weighted by Gasteiger charge is 2.35. The molecule has 1 N–H and O–H groups in total. The molecule has 0 spiro atoms. The maximum absolute atomic E-state index is 12.6. The smallest absolute Gasteiger partial charge is 0.325 e. The minimum atomic E-state index is -0.190. The van der Waals surface area contributed by atoms with Crippen molar-refractivity contribution >= 4 is 38.8 Å². The van der Waals surface area contributed by atoms with Gasteiger partial charge in [0.1, 0.15) is 17.1 Å². The molecule has 1 aliphatic heterocycles. The van der Waals surface area contributed by atoms with Gasteiger partial charge >= 0.3 is 6.01 Å². The van der Waals surface area contributed by atoms with Crippen LogP contribution in [0, 0.1) is 6.92 Å². The summed E-state index contributed by atoms with van der Waals surface area (Å²) in [6.07, 6.45) is 0.305. The molecule has 4 aromatic rings. The molecule has 146 valence electrons. The minimum absolute atomic E-state index is 0.0956. The molecule has 7 nitrogen and oxygen atoms in total. The van der Waals surface area contributed by atoms with Crippen molar-refractivity contribution < 1.29 is 13.9 Å². The van der Waals surface area contributed by atoms with Crippen LogP contribution < -0.4 is 10.1 Å². The Hall–Kier alpha value is -3.13. The number of ether oxygens (including phenoxy) is 1. The van der Waals surface area contributed by atoms with E-state index >= 15 is 0 Å². The van der Waals surface area contributed by atoms with E-state index in [-0.39, 0.29) is 11.8 Å². The lowest BCUT2D eigenvalue weighted by molar-refractivity contribution is -0.116. The lowest BCUT2D eigenvalue weighted by Crippen LogP contribution is -2.25. The Bertz CT molecular complexity index is 1230. The van der Waals surface area contributed by atoms with Gasteiger partial charge in [-0.3, -0.25) is 4.79 Å². The Kier molecular flexibility index (Phi) is 4.16. The van der Waals surface area contributed by atoms with E-state index in [0.29, 0.717) is 23.8 Å². The molecule has 5 rings (SSSR count). The molecule has 1 atom stereocenters. The summed E-state index contributed by atoms with van der Waals surface area (Å²) in [4.78, 5) is 17.1. The average molecular weight is 453 g/mol. The first-order chi connectivity index (χ1) is 14.0. The third kappa shape index (κ3) is 2.91. The summed E-state index contributed by atoms with van der Waals surface area (Å²) in [5.41, 5.74) is 4.06. The molecule has 8 heteroatoms. The number of methoxy groups -OCH3 is 1. The van der Waals surface area contributed by atoms with Crippen LogP contribution in [0.3, 0.4) is 0 Å². The highest BCUT2D eigenvalue weighted by Crippen LogP contribution is 2.43. The van der Waals surface area contributed by atoms with E-state index in [1.165, 1.54) is 0 Å². The van der Waals surface area contributed by atoms with Crippen LogP contribution in [0.2, 0.25) is 0 Å². The van der Waals surface area contributed by atoms with Gasteiger partial charge in [0, 0.05) is 27.9 Å². The predicted octanol–water partition coefficient (Wildman–Crippen LogP) is 4.57. The number of hydrogen-bond donors (Lipinski definition) is 1. The zero-order valence-electron chi connectivity index (χ0n) is 15.8. The number of anilines is 1. The van der Waals surface area contributed by atoms with Crippen LogP contribution in [0.15, 0.2) is 51.4 Å². The fourth-order valence-corrected chi connectivity index (χ4v) is 4.26. The summed E-state index contributed by atoms with van der Waals surface area (Å²) in [5.74, 6) is 1.02. The summed E-state index contributed by atoms with van der Waals surface area (Å²) < 4.78 is 13.9. The molecule has 0 aliphatic carbocycles. The molecule has 1 amide bonds. The van der Waals surface area contributed by atoms with Gasteiger partial charge in [-0.2, -0.15) is 14.8 Å². The van der Waals surface area contributed by atoms with E-state index in [9.17, 15) is 4.79 Å². The van der Waals surface area contributed by atoms with Crippen molar-refractivity contribution in [2.75, 3.05) is 12.4 Å². The molecule has 0 saturated carbocycles. The first-order valence-corrected chi connectivity index (χ1v) is 9.93. The van der Waals surface area contributed by atoms with Crippen molar-refractivity contribution in [1.29, 1.82) is 0 Å². The Balaban J connectivity index is 1.70. The zero-order valence-corrected chi connectivity index (χ0v) is 17.4. The van der Waals surface area contributed by atoms with Crippen LogP contribution in [0.1, 0.15) is 29.2 Å². The second-order valence-corrected chi connectivity index (χ2v) is 7.83. The fourth-order valence-electron chi connectivity index (χ4n) is 3.88. The van der Waals surface area contributed by atoms with Crippen molar-refractivity contribution in [2.24, 2.45) is 0 Å². The van der Waals surface area contributed by atoms with Crippen LogP contribution >= 0.6 is 15.9 Å². The Morgan fingerprint density at radius 3 is 2.90 bits per heavy atom. The van der Waals surface area contributed by atoms with E-state index in [2.05, 4.69) is 31.3 Å². The number of benzene rings is 2. The number of rotatable bonds is 3. The molecule has 1 unspecified atom stereocenters. The van der Waals surface area contributed by atoms with Gasteiger partial charge in [-0.25, -0.2) is 0 Å². The van der Waals surface area contributed by atoms with Crippen molar-refractivity contribution in [2.45, 2.75) is 19.3 Å². The summed E-state index contributed by atoms with van der Waals surface area (Å²) >= 11 is 3.53. The molecular formula is C21H17BrN4O3. The monoisotopic (exact) mass is 452 g/mol. The molecular weight excluding hydrogens is 436 g/mol. The standard InChI is InChI=1S/C21H17BrN4O3/c1-11-19-14(13-9-12(22)7-8-16(13)28-2)10-18(27)24-20(19)26(25-11)21-23-15-5-3-4-6-17(15)29-21/h3-9,14H,10H2,1-2H3,(H,24,27). The summed E-state index contributed by atoms with van der Waals surface area (Å²) in [6.45, 7) is 1.92. The van der Waals surface area contributed by atoms with Gasteiger partial charge in [-0.15, -0.1) is 0 Å². The minimum Gasteiger partial charge on any atom is -0.496 e. The number of carbonyl (C=O) groups excluding carboxylic acids is 1. The van der Waals surface area contributed by atoms with Gasteiger partial charge in [-0.1, -0.05) is 28.1 Å². The van der Waals surface area contributed by atoms with Crippen LogP contribution in [0.25, 0.3) is 17.1 Å². The highest BCUT2D eigenvalue weighted by atomic mass is 79.9. The maximum atomic E-state index is 12.6. The normalized spacial score (nSPS) is 16.0. The fraction of sp³-hybridized carbons (Fsp3) is 0.190. The molecule has 29 heavy (non-hydrogen) atoms. The Morgan fingerprint density at radius 2 is 2.10 bits per heavy atom. The van der Waals surface area contributed by atoms with Gasteiger partial charge in [-0.05, 0) is 37.3 Å². The number of fused-ring (bicyclic) bond motifs is 2. The Labute approximate surface area is 174 Å². The summed E-state index contributed by atoms with van der Waals surface area (Å²) in [5, 5.41) is 7.59. The topological polar surface area (TPSA) is 82.2 Å². The van der Waals surface area contributed by atoms with Crippen LogP contribution in [0.4, 0.5) is 5.82 Å². The summed E-state index contributed by atoms with van der Waals surface area (Å²) in [7, 11) is 1.63. The number of nitrogens with one attached hydrogen (secondary N) is 1. The van der Waals surface area contributed by atoms with Gasteiger partial charge in [0.15, 0.2) is 5.58 Å². The number of para-hydroxylation sites is 2. The SMILES string of the molecule is COc1ccc(Br)cc1C1CC(=O)Nc2c1c(C)nn2-c1nc2ccccc2o1. The van der Waals surface area contributed by atoms with E-state index < -0.39 is 0 Å². The number of halogens is 1. The third-order valence-corrected chi connectivity index (χ3v) is 5.63. The number of aromatic nitrogens is 3. The number of amides is 1. The van der Waals surface area contributed by atoms with Crippen molar-refractivity contribution in [3.05, 3.63) is 63.8 Å². The third-order valence-electron chi connectivity index (χ3n) is 5.13. The van der Waals surface area contributed by atoms with Crippen LogP contribution in [-0.2, 0) is 4.79 Å². The lowest BCUT2D eigenvalue weighted by Gasteiger charge is -2.25. The second kappa shape index (κ2) is 6.73. The molecule has 3 heterocycles. The average Bonchev–Trinajstić information content (AvgIpc) is 3.28. The van der Waals surface area contributed by atoms with Crippen LogP contribution in [-0.4, -0.2) is 27.8 Å². The van der Waals surface area contributed by atoms with Crippen molar-refractivity contribution in [3.8, 4) is 11.8 Å². The van der Waals surface area contributed by atoms with Crippen molar-refractivity contribution in [3.63, 3.8) is 0 Å². The van der Waals surface area contributed by atoms with Gasteiger partial charge in [0.2, 0.25) is 5.91 Å². The second-order valence-electron chi connectivity index (χ2n) is 6.91. The molecule has 0 fully saturated rings. The number of aryl methyl sites for hydroxylation is 1. The van der Waals surface area contributed by atoms with Crippen LogP contribution in [0.5, 0.6) is 5.75 Å². The Morgan fingerprint density at radius 1 is 1.28 bits per heavy atom. The van der Waals surface area contributed by atoms with Gasteiger partial charge in [0.05, 0.1) is 12.8 Å². The summed E-state index contributed by atoms with van der Waals surface area (Å²) in [6, 6.07) is 13.6. The number of hydrogen-bond acceptors (Lipinski definition) is 5. The molecule has 2 aromatic carbocycles. The highest BCUT2D eigenvalue weighted by molar-refractivity contribution is 9.10. The quantitative estimate of drug-likeness (QED) is 0.492. The zero-order chi connectivity index (χ0) is 20.1. The largest absolute Gasteiger partial charge is 0.496 e. The number of oxazole rings is 1. The van der Waals surface area contributed by atoms with Gasteiger partial charge < -0.3 is 14.5 Å². The molecule has 0 radical (unpaired) electrons. The number of carbonyl (C=O) groups is 1. The first kappa shape index (κ1) is 17.9. The van der Waals surface area contributed by atoms with E-state index in [1.54, 1.807) is 11.8 Å². The van der Waals surface area contributed by atoms with E-state index in [1.807, 2.05) is 49.4 Å². The molecule has 0 saturated heterocycles. The lowest BCUT2D eigenvalue weighted by atomic mass is 9.85. The molecule has 2 aromatic heterocycles. The molecule has 0 bridgehead atoms. The van der Waals surface area contributed by atoms with Gasteiger partial charge in [0.25, 0.3) is 0 Å². The van der Waals surface area contributed by atoms with Crippen molar-refractivity contribution in [1.82, 2.24) is 14.8 Å². The predicted molar refractivity (Wildman–Crippen MR) is 112 cm³/mol. The number of nitrogens with zero attached hydrogens (tertiary/aromatic N) is 3. The molecule has 1 aliphatic rings. The maximum Gasteiger partial charge on any atom is 0.325 e. The first-order valence-electron chi connectivity index (χ1n) is 9.14. The van der Waals surface area contributed by atoms with E-state index in [4.69, 9.17) is 9.15 Å². The van der Waals surface area contributed by atoms with E-state index in [0.717, 1.165) is 32.6 Å².